The maximum absolute atomic E-state index is 11.5. The summed E-state index contributed by atoms with van der Waals surface area (Å²) in [6.45, 7) is 0.267. The first-order valence-corrected chi connectivity index (χ1v) is 6.18. The molecule has 21 heavy (non-hydrogen) atoms. The molecule has 8 nitrogen and oxygen atoms in total. The molecule has 8 heteroatoms. The Bertz CT molecular complexity index is 639. The highest BCUT2D eigenvalue weighted by Gasteiger charge is 2.16. The number of carbonyl (C=O) groups excluding carboxylic acids is 1. The zero-order valence-electron chi connectivity index (χ0n) is 11.4. The second-order valence-corrected chi connectivity index (χ2v) is 4.29. The van der Waals surface area contributed by atoms with Gasteiger partial charge in [0.05, 0.1) is 30.5 Å². The highest BCUT2D eigenvalue weighted by atomic mass is 16.6. The highest BCUT2D eigenvalue weighted by Crippen LogP contribution is 2.10. The van der Waals surface area contributed by atoms with E-state index < -0.39 is 11.0 Å². The van der Waals surface area contributed by atoms with Gasteiger partial charge in [0.2, 0.25) is 0 Å². The molecule has 1 heterocycles. The summed E-state index contributed by atoms with van der Waals surface area (Å²) in [6.07, 6.45) is -0.595. The molecule has 2 aromatic rings. The summed E-state index contributed by atoms with van der Waals surface area (Å²) < 4.78 is 6.37. The maximum Gasteiger partial charge on any atom is 0.407 e. The summed E-state index contributed by atoms with van der Waals surface area (Å²) in [6, 6.07) is 10.6. The fourth-order valence-corrected chi connectivity index (χ4v) is 1.68. The van der Waals surface area contributed by atoms with Crippen LogP contribution >= 0.6 is 0 Å². The van der Waals surface area contributed by atoms with Crippen LogP contribution in [0.1, 0.15) is 11.3 Å². The summed E-state index contributed by atoms with van der Waals surface area (Å²) in [5, 5.41) is 16.8. The van der Waals surface area contributed by atoms with Crippen molar-refractivity contribution in [3.05, 3.63) is 57.8 Å². The standard InChI is InChI=1S/C13H14N4O4/c1-16-11(7-12(15-16)17(19)20)8-14-13(18)21-9-10-5-3-2-4-6-10/h2-7H,8-9H2,1H3,(H,14,18). The lowest BCUT2D eigenvalue weighted by Gasteiger charge is -2.06. The number of benzene rings is 1. The van der Waals surface area contributed by atoms with Crippen LogP contribution in [-0.4, -0.2) is 20.8 Å². The summed E-state index contributed by atoms with van der Waals surface area (Å²) in [5.41, 5.74) is 1.39. The van der Waals surface area contributed by atoms with Crippen LogP contribution in [0.25, 0.3) is 0 Å². The van der Waals surface area contributed by atoms with Crippen LogP contribution in [0.5, 0.6) is 0 Å². The van der Waals surface area contributed by atoms with Gasteiger partial charge in [-0.3, -0.25) is 0 Å². The van der Waals surface area contributed by atoms with Crippen molar-refractivity contribution >= 4 is 11.9 Å². The molecule has 1 aromatic heterocycles. The number of aromatic nitrogens is 2. The van der Waals surface area contributed by atoms with Crippen LogP contribution in [0.3, 0.4) is 0 Å². The van der Waals surface area contributed by atoms with Gasteiger partial charge in [-0.25, -0.2) is 4.79 Å². The lowest BCUT2D eigenvalue weighted by Crippen LogP contribution is -2.24. The van der Waals surface area contributed by atoms with E-state index in [4.69, 9.17) is 4.74 Å². The molecule has 0 aliphatic heterocycles. The molecule has 0 aliphatic rings. The number of nitrogens with one attached hydrogen (secondary N) is 1. The normalized spacial score (nSPS) is 10.1. The number of hydrogen-bond acceptors (Lipinski definition) is 5. The minimum Gasteiger partial charge on any atom is -0.445 e. The lowest BCUT2D eigenvalue weighted by atomic mass is 10.2. The average Bonchev–Trinajstić information content (AvgIpc) is 2.85. The van der Waals surface area contributed by atoms with E-state index in [1.807, 2.05) is 30.3 Å². The largest absolute Gasteiger partial charge is 0.445 e. The molecule has 0 saturated carbocycles. The van der Waals surface area contributed by atoms with E-state index in [1.165, 1.54) is 10.7 Å². The van der Waals surface area contributed by atoms with Gasteiger partial charge in [0, 0.05) is 0 Å². The van der Waals surface area contributed by atoms with Gasteiger partial charge in [-0.05, 0) is 10.5 Å². The number of aryl methyl sites for hydroxylation is 1. The topological polar surface area (TPSA) is 99.3 Å². The third-order valence-corrected chi connectivity index (χ3v) is 2.78. The Labute approximate surface area is 120 Å². The monoisotopic (exact) mass is 290 g/mol. The summed E-state index contributed by atoms with van der Waals surface area (Å²) in [7, 11) is 1.57. The number of alkyl carbamates (subject to hydrolysis) is 1. The van der Waals surface area contributed by atoms with Crippen LogP contribution in [0.4, 0.5) is 10.6 Å². The number of nitro groups is 1. The van der Waals surface area contributed by atoms with Gasteiger partial charge in [-0.2, -0.15) is 4.68 Å². The summed E-state index contributed by atoms with van der Waals surface area (Å²) >= 11 is 0. The van der Waals surface area contributed by atoms with Gasteiger partial charge in [-0.1, -0.05) is 30.3 Å². The van der Waals surface area contributed by atoms with Gasteiger partial charge in [-0.15, -0.1) is 0 Å². The van der Waals surface area contributed by atoms with E-state index in [9.17, 15) is 14.9 Å². The molecule has 110 valence electrons. The van der Waals surface area contributed by atoms with Gasteiger partial charge in [0.1, 0.15) is 6.61 Å². The molecule has 0 fully saturated rings. The zero-order chi connectivity index (χ0) is 15.2. The van der Waals surface area contributed by atoms with Crippen molar-refractivity contribution in [3.63, 3.8) is 0 Å². The second kappa shape index (κ2) is 6.51. The lowest BCUT2D eigenvalue weighted by molar-refractivity contribution is -0.389. The van der Waals surface area contributed by atoms with Gasteiger partial charge >= 0.3 is 11.9 Å². The van der Waals surface area contributed by atoms with Gasteiger partial charge < -0.3 is 20.2 Å². The van der Waals surface area contributed by atoms with Crippen LogP contribution in [0.15, 0.2) is 36.4 Å². The van der Waals surface area contributed by atoms with Crippen molar-refractivity contribution in [2.45, 2.75) is 13.2 Å². The SMILES string of the molecule is Cn1nc([N+](=O)[O-])cc1CNC(=O)OCc1ccccc1. The number of hydrogen-bond donors (Lipinski definition) is 1. The molecule has 0 atom stereocenters. The van der Waals surface area contributed by atoms with E-state index in [-0.39, 0.29) is 19.0 Å². The molecule has 0 radical (unpaired) electrons. The van der Waals surface area contributed by atoms with Crippen molar-refractivity contribution in [2.75, 3.05) is 0 Å². The summed E-state index contributed by atoms with van der Waals surface area (Å²) in [5.74, 6) is -0.257. The Morgan fingerprint density at radius 2 is 2.14 bits per heavy atom. The minimum atomic E-state index is -0.595. The molecule has 2 rings (SSSR count). The smallest absolute Gasteiger partial charge is 0.407 e. The number of carbonyl (C=O) groups is 1. The van der Waals surface area contributed by atoms with Crippen molar-refractivity contribution in [1.82, 2.24) is 15.1 Å². The minimum absolute atomic E-state index is 0.102. The molecule has 0 bridgehead atoms. The number of amides is 1. The van der Waals surface area contributed by atoms with Gasteiger partial charge in [0.25, 0.3) is 0 Å². The quantitative estimate of drug-likeness (QED) is 0.668. The number of rotatable bonds is 5. The third-order valence-electron chi connectivity index (χ3n) is 2.78. The third kappa shape index (κ3) is 4.03. The van der Waals surface area contributed by atoms with Gasteiger partial charge in [0.15, 0.2) is 0 Å². The molecule has 1 amide bonds. The molecule has 1 N–H and O–H groups in total. The first-order valence-electron chi connectivity index (χ1n) is 6.18. The fourth-order valence-electron chi connectivity index (χ4n) is 1.68. The zero-order valence-corrected chi connectivity index (χ0v) is 11.4. The predicted octanol–water partition coefficient (Wildman–Crippen LogP) is 1.75. The fraction of sp³-hybridized carbons (Fsp3) is 0.231. The first kappa shape index (κ1) is 14.5. The van der Waals surface area contributed by atoms with Crippen LogP contribution in [0.2, 0.25) is 0 Å². The van der Waals surface area contributed by atoms with Crippen molar-refractivity contribution in [2.24, 2.45) is 7.05 Å². The van der Waals surface area contributed by atoms with Crippen LogP contribution in [-0.2, 0) is 24.9 Å². The van der Waals surface area contributed by atoms with Crippen LogP contribution in [0, 0.1) is 10.1 Å². The predicted molar refractivity (Wildman–Crippen MR) is 73.3 cm³/mol. The summed E-state index contributed by atoms with van der Waals surface area (Å²) in [4.78, 5) is 21.5. The Morgan fingerprint density at radius 1 is 1.43 bits per heavy atom. The Hall–Kier alpha value is -2.90. The van der Waals surface area contributed by atoms with E-state index in [0.29, 0.717) is 5.69 Å². The number of ether oxygens (including phenoxy) is 1. The van der Waals surface area contributed by atoms with Crippen molar-refractivity contribution < 1.29 is 14.5 Å². The van der Waals surface area contributed by atoms with E-state index in [0.717, 1.165) is 5.56 Å². The van der Waals surface area contributed by atoms with E-state index in [2.05, 4.69) is 10.4 Å². The molecule has 0 aliphatic carbocycles. The van der Waals surface area contributed by atoms with E-state index in [1.54, 1.807) is 7.05 Å². The maximum atomic E-state index is 11.5. The van der Waals surface area contributed by atoms with Crippen molar-refractivity contribution in [3.8, 4) is 0 Å². The highest BCUT2D eigenvalue weighted by molar-refractivity contribution is 5.67. The molecular formula is C13H14N4O4. The first-order chi connectivity index (χ1) is 10.1. The van der Waals surface area contributed by atoms with E-state index >= 15 is 0 Å². The molecule has 0 saturated heterocycles. The molecule has 1 aromatic carbocycles. The molecular weight excluding hydrogens is 276 g/mol. The molecule has 0 unspecified atom stereocenters. The van der Waals surface area contributed by atoms with Crippen molar-refractivity contribution in [1.29, 1.82) is 0 Å². The number of nitrogens with zero attached hydrogens (tertiary/aromatic N) is 3. The Balaban J connectivity index is 1.82. The second-order valence-electron chi connectivity index (χ2n) is 4.29. The average molecular weight is 290 g/mol. The Kier molecular flexibility index (Phi) is 4.50. The van der Waals surface area contributed by atoms with Crippen LogP contribution < -0.4 is 5.32 Å². The Morgan fingerprint density at radius 3 is 2.76 bits per heavy atom. The molecule has 0 spiro atoms.